The second kappa shape index (κ2) is 5.05. The molecule has 0 saturated carbocycles. The van der Waals surface area contributed by atoms with Crippen LogP contribution in [0.15, 0.2) is 78.9 Å². The van der Waals surface area contributed by atoms with Gasteiger partial charge in [0.2, 0.25) is 0 Å². The summed E-state index contributed by atoms with van der Waals surface area (Å²) in [7, 11) is 0. The molecule has 0 N–H and O–H groups in total. The van der Waals surface area contributed by atoms with Crippen molar-refractivity contribution in [3.8, 4) is 0 Å². The predicted molar refractivity (Wildman–Crippen MR) is 77.0 cm³/mol. The number of hydrogen-bond acceptors (Lipinski definition) is 0. The van der Waals surface area contributed by atoms with Gasteiger partial charge in [0.25, 0.3) is 0 Å². The van der Waals surface area contributed by atoms with E-state index >= 15 is 0 Å². The quantitative estimate of drug-likeness (QED) is 0.705. The van der Waals surface area contributed by atoms with Gasteiger partial charge in [-0.1, -0.05) is 78.9 Å². The Morgan fingerprint density at radius 2 is 1.22 bits per heavy atom. The summed E-state index contributed by atoms with van der Waals surface area (Å²) >= 11 is 0. The molecule has 3 rings (SSSR count). The van der Waals surface area contributed by atoms with Crippen LogP contribution in [0, 0.1) is 5.92 Å². The lowest BCUT2D eigenvalue weighted by atomic mass is 9.88. The van der Waals surface area contributed by atoms with Crippen molar-refractivity contribution in [3.63, 3.8) is 0 Å². The van der Waals surface area contributed by atoms with E-state index in [0.29, 0.717) is 0 Å². The van der Waals surface area contributed by atoms with Crippen LogP contribution in [0.5, 0.6) is 0 Å². The molecule has 0 amide bonds. The van der Waals surface area contributed by atoms with E-state index in [1.54, 1.807) is 0 Å². The number of hydrogen-bond donors (Lipinski definition) is 0. The fraction of sp³-hybridized carbons (Fsp3) is 0.0556. The van der Waals surface area contributed by atoms with Gasteiger partial charge in [-0.05, 0) is 23.1 Å². The van der Waals surface area contributed by atoms with Crippen LogP contribution in [0.1, 0.15) is 17.5 Å². The van der Waals surface area contributed by atoms with Gasteiger partial charge in [-0.25, -0.2) is 0 Å². The van der Waals surface area contributed by atoms with Gasteiger partial charge in [-0.2, -0.15) is 0 Å². The first-order valence-corrected chi connectivity index (χ1v) is 6.28. The molecule has 0 heterocycles. The monoisotopic (exact) mass is 231 g/mol. The summed E-state index contributed by atoms with van der Waals surface area (Å²) < 4.78 is 0. The van der Waals surface area contributed by atoms with Crippen molar-refractivity contribution >= 4 is 5.57 Å². The Labute approximate surface area is 108 Å². The minimum Gasteiger partial charge on any atom is -0.0754 e. The normalized spacial score (nSPS) is 15.4. The molecule has 2 aromatic carbocycles. The molecule has 2 aromatic rings. The Hall–Kier alpha value is -2.08. The summed E-state index contributed by atoms with van der Waals surface area (Å²) in [6.07, 6.45) is 7.75. The second-order valence-electron chi connectivity index (χ2n) is 4.45. The number of rotatable bonds is 2. The molecule has 0 unspecified atom stereocenters. The molecule has 1 radical (unpaired) electrons. The zero-order valence-corrected chi connectivity index (χ0v) is 10.2. The average Bonchev–Trinajstić information content (AvgIpc) is 2.49. The van der Waals surface area contributed by atoms with Crippen molar-refractivity contribution in [2.24, 2.45) is 0 Å². The van der Waals surface area contributed by atoms with Crippen LogP contribution in [-0.4, -0.2) is 0 Å². The van der Waals surface area contributed by atoms with Crippen molar-refractivity contribution in [3.05, 3.63) is 95.9 Å². The third-order valence-corrected chi connectivity index (χ3v) is 3.26. The van der Waals surface area contributed by atoms with Gasteiger partial charge in [0, 0.05) is 5.92 Å². The SMILES string of the molecule is C1=CC(c2ccccc2)=CC[C]1c1ccccc1. The lowest BCUT2D eigenvalue weighted by Crippen LogP contribution is -1.99. The fourth-order valence-electron chi connectivity index (χ4n) is 2.26. The zero-order chi connectivity index (χ0) is 12.2. The van der Waals surface area contributed by atoms with E-state index in [-0.39, 0.29) is 0 Å². The maximum atomic E-state index is 2.30. The van der Waals surface area contributed by atoms with Crippen LogP contribution in [0.3, 0.4) is 0 Å². The fourth-order valence-corrected chi connectivity index (χ4v) is 2.26. The first kappa shape index (κ1) is 11.0. The highest BCUT2D eigenvalue weighted by Gasteiger charge is 2.11. The van der Waals surface area contributed by atoms with Gasteiger partial charge in [-0.15, -0.1) is 0 Å². The largest absolute Gasteiger partial charge is 0.0754 e. The highest BCUT2D eigenvalue weighted by atomic mass is 14.2. The van der Waals surface area contributed by atoms with Gasteiger partial charge in [0.15, 0.2) is 0 Å². The summed E-state index contributed by atoms with van der Waals surface area (Å²) in [5.74, 6) is 1.38. The third kappa shape index (κ3) is 2.28. The highest BCUT2D eigenvalue weighted by Crippen LogP contribution is 2.29. The lowest BCUT2D eigenvalue weighted by Gasteiger charge is -2.16. The molecule has 0 nitrogen and oxygen atoms in total. The van der Waals surface area contributed by atoms with Gasteiger partial charge in [0.1, 0.15) is 0 Å². The van der Waals surface area contributed by atoms with Crippen molar-refractivity contribution in [1.29, 1.82) is 0 Å². The Morgan fingerprint density at radius 1 is 0.611 bits per heavy atom. The van der Waals surface area contributed by atoms with E-state index in [2.05, 4.69) is 78.9 Å². The van der Waals surface area contributed by atoms with Crippen molar-refractivity contribution in [1.82, 2.24) is 0 Å². The van der Waals surface area contributed by atoms with E-state index in [1.807, 2.05) is 0 Å². The van der Waals surface area contributed by atoms with Gasteiger partial charge < -0.3 is 0 Å². The molecule has 0 fully saturated rings. The number of benzene rings is 2. The van der Waals surface area contributed by atoms with Crippen LogP contribution >= 0.6 is 0 Å². The van der Waals surface area contributed by atoms with E-state index in [0.717, 1.165) is 6.42 Å². The summed E-state index contributed by atoms with van der Waals surface area (Å²) in [6, 6.07) is 21.1. The minimum absolute atomic E-state index is 1.00. The summed E-state index contributed by atoms with van der Waals surface area (Å²) in [4.78, 5) is 0. The van der Waals surface area contributed by atoms with Gasteiger partial charge in [-0.3, -0.25) is 0 Å². The molecule has 0 saturated heterocycles. The first-order chi connectivity index (χ1) is 8.93. The van der Waals surface area contributed by atoms with Crippen LogP contribution in [0.25, 0.3) is 5.57 Å². The van der Waals surface area contributed by atoms with Gasteiger partial charge in [0.05, 0.1) is 0 Å². The number of allylic oxidation sites excluding steroid dienone is 4. The summed E-state index contributed by atoms with van der Waals surface area (Å²) in [5, 5.41) is 0. The summed E-state index contributed by atoms with van der Waals surface area (Å²) in [5.41, 5.74) is 3.92. The van der Waals surface area contributed by atoms with Crippen LogP contribution in [0.4, 0.5) is 0 Å². The predicted octanol–water partition coefficient (Wildman–Crippen LogP) is 4.65. The Morgan fingerprint density at radius 3 is 1.78 bits per heavy atom. The van der Waals surface area contributed by atoms with Crippen LogP contribution < -0.4 is 0 Å². The topological polar surface area (TPSA) is 0 Å². The maximum Gasteiger partial charge on any atom is 0.0304 e. The molecule has 0 spiro atoms. The molecule has 18 heavy (non-hydrogen) atoms. The molecule has 0 aliphatic heterocycles. The maximum absolute atomic E-state index is 2.30. The smallest absolute Gasteiger partial charge is 0.0304 e. The zero-order valence-electron chi connectivity index (χ0n) is 10.2. The molecular formula is C18H15. The van der Waals surface area contributed by atoms with E-state index < -0.39 is 0 Å². The lowest BCUT2D eigenvalue weighted by molar-refractivity contribution is 1.10. The molecule has 1 aliphatic carbocycles. The molecule has 87 valence electrons. The van der Waals surface area contributed by atoms with Crippen molar-refractivity contribution < 1.29 is 0 Å². The molecular weight excluding hydrogens is 216 g/mol. The third-order valence-electron chi connectivity index (χ3n) is 3.26. The Balaban J connectivity index is 1.79. The van der Waals surface area contributed by atoms with E-state index in [1.165, 1.54) is 22.6 Å². The van der Waals surface area contributed by atoms with Crippen molar-refractivity contribution in [2.75, 3.05) is 0 Å². The first-order valence-electron chi connectivity index (χ1n) is 6.28. The van der Waals surface area contributed by atoms with E-state index in [9.17, 15) is 0 Å². The minimum atomic E-state index is 1.00. The second-order valence-corrected chi connectivity index (χ2v) is 4.45. The molecule has 0 heteroatoms. The Kier molecular flexibility index (Phi) is 3.10. The van der Waals surface area contributed by atoms with Crippen LogP contribution in [0.2, 0.25) is 0 Å². The van der Waals surface area contributed by atoms with Crippen LogP contribution in [-0.2, 0) is 0 Å². The van der Waals surface area contributed by atoms with E-state index in [4.69, 9.17) is 0 Å². The van der Waals surface area contributed by atoms with Crippen molar-refractivity contribution in [2.45, 2.75) is 6.42 Å². The average molecular weight is 231 g/mol. The molecule has 1 aliphatic rings. The Bertz CT molecular complexity index is 562. The molecule has 0 atom stereocenters. The standard InChI is InChI=1S/C18H15/c1-3-7-15(8-4-1)17-11-13-18(14-12-17)16-9-5-2-6-10-16/h1-13H,14H2. The van der Waals surface area contributed by atoms with Gasteiger partial charge >= 0.3 is 0 Å². The highest BCUT2D eigenvalue weighted by molar-refractivity contribution is 5.76. The molecule has 0 bridgehead atoms. The molecule has 0 aromatic heterocycles. The summed E-state index contributed by atoms with van der Waals surface area (Å²) in [6.45, 7) is 0.